The Labute approximate surface area is 433 Å². The molecule has 354 valence electrons. The number of hydrogen-bond acceptors (Lipinski definition) is 7. The van der Waals surface area contributed by atoms with Gasteiger partial charge in [0.1, 0.15) is 22.3 Å². The van der Waals surface area contributed by atoms with Crippen molar-refractivity contribution in [1.29, 1.82) is 0 Å². The SMILES string of the molecule is c1ccc(-c2nc(-c3cccc(-c4ccc5c(c4)oc4ccccc45)c3)nc(-c3cccc(-n4c5ccccc5c5ccc6c7ccccc7n(-c7ncc(-c8ccc9oc%10ccccc%10c9c8)cn7)c6c54)c3)n2)cc1. The van der Waals surface area contributed by atoms with Crippen LogP contribution in [0.5, 0.6) is 0 Å². The molecule has 0 unspecified atom stereocenters. The van der Waals surface area contributed by atoms with Crippen LogP contribution in [0.15, 0.2) is 246 Å². The third-order valence-corrected chi connectivity index (χ3v) is 14.9. The maximum absolute atomic E-state index is 6.29. The zero-order valence-electron chi connectivity index (χ0n) is 40.5. The van der Waals surface area contributed by atoms with Gasteiger partial charge in [-0.25, -0.2) is 24.9 Å². The maximum Gasteiger partial charge on any atom is 0.234 e. The van der Waals surface area contributed by atoms with E-state index in [1.807, 2.05) is 85.2 Å². The summed E-state index contributed by atoms with van der Waals surface area (Å²) in [5.41, 5.74) is 15.1. The first-order valence-corrected chi connectivity index (χ1v) is 25.3. The van der Waals surface area contributed by atoms with Gasteiger partial charge < -0.3 is 13.4 Å². The molecule has 0 saturated carbocycles. The average molecular weight is 974 g/mol. The number of furan rings is 2. The van der Waals surface area contributed by atoms with Gasteiger partial charge in [-0.1, -0.05) is 158 Å². The molecule has 6 heterocycles. The molecule has 0 aliphatic rings. The minimum Gasteiger partial charge on any atom is -0.456 e. The Morgan fingerprint density at radius 1 is 0.276 bits per heavy atom. The maximum atomic E-state index is 6.29. The fraction of sp³-hybridized carbons (Fsp3) is 0. The quantitative estimate of drug-likeness (QED) is 0.157. The molecule has 9 heteroatoms. The van der Waals surface area contributed by atoms with Crippen molar-refractivity contribution in [1.82, 2.24) is 34.1 Å². The van der Waals surface area contributed by atoms with E-state index in [0.717, 1.165) is 132 Å². The summed E-state index contributed by atoms with van der Waals surface area (Å²) in [4.78, 5) is 25.9. The summed E-state index contributed by atoms with van der Waals surface area (Å²) in [6.45, 7) is 0. The van der Waals surface area contributed by atoms with Gasteiger partial charge in [0.05, 0.1) is 22.1 Å². The Morgan fingerprint density at radius 3 is 1.47 bits per heavy atom. The van der Waals surface area contributed by atoms with E-state index in [-0.39, 0.29) is 0 Å². The lowest BCUT2D eigenvalue weighted by atomic mass is 10.0. The zero-order chi connectivity index (χ0) is 49.8. The van der Waals surface area contributed by atoms with E-state index in [2.05, 4.69) is 161 Å². The van der Waals surface area contributed by atoms with Gasteiger partial charge in [-0.15, -0.1) is 0 Å². The minimum absolute atomic E-state index is 0.563. The molecule has 0 aliphatic carbocycles. The van der Waals surface area contributed by atoms with Gasteiger partial charge in [-0.3, -0.25) is 4.57 Å². The van der Waals surface area contributed by atoms with Crippen LogP contribution in [-0.2, 0) is 0 Å². The van der Waals surface area contributed by atoms with Crippen molar-refractivity contribution in [2.24, 2.45) is 0 Å². The van der Waals surface area contributed by atoms with Crippen molar-refractivity contribution in [3.8, 4) is 68.1 Å². The Kier molecular flexibility index (Phi) is 9.13. The summed E-state index contributed by atoms with van der Waals surface area (Å²) in [6, 6.07) is 77.6. The lowest BCUT2D eigenvalue weighted by Gasteiger charge is -2.13. The molecule has 0 bridgehead atoms. The molecular formula is C67H39N7O2. The summed E-state index contributed by atoms with van der Waals surface area (Å²) in [7, 11) is 0. The fourth-order valence-electron chi connectivity index (χ4n) is 11.3. The average Bonchev–Trinajstić information content (AvgIpc) is 4.25. The lowest BCUT2D eigenvalue weighted by molar-refractivity contribution is 0.668. The van der Waals surface area contributed by atoms with Crippen molar-refractivity contribution < 1.29 is 8.83 Å². The van der Waals surface area contributed by atoms with E-state index in [9.17, 15) is 0 Å². The molecule has 16 rings (SSSR count). The molecule has 76 heavy (non-hydrogen) atoms. The number of nitrogens with zero attached hydrogens (tertiary/aromatic N) is 7. The molecule has 0 aliphatic heterocycles. The standard InChI is InChI=1S/C67H39N7O2/c1-2-14-40(15-3-1)64-70-65(44-17-12-16-41(34-44)43-28-30-52-50-22-6-10-26-58(50)76-61(52)37-43)72-66(71-64)45-18-13-19-47(35-45)73-56-24-8-4-20-48(56)53-31-32-54-49-21-5-9-25-57(49)74(63(54)62(53)73)67-68-38-46(39-69-67)42-29-33-60-55(36-42)51-23-7-11-27-59(51)75-60/h1-39H. The zero-order valence-corrected chi connectivity index (χ0v) is 40.5. The number of para-hydroxylation sites is 4. The second-order valence-electron chi connectivity index (χ2n) is 19.3. The molecule has 0 spiro atoms. The Morgan fingerprint density at radius 2 is 0.750 bits per heavy atom. The number of benzene rings is 10. The van der Waals surface area contributed by atoms with Crippen LogP contribution in [0.25, 0.3) is 156 Å². The first-order valence-electron chi connectivity index (χ1n) is 25.3. The third kappa shape index (κ3) is 6.55. The molecular weight excluding hydrogens is 935 g/mol. The molecule has 0 saturated heterocycles. The minimum atomic E-state index is 0.563. The summed E-state index contributed by atoms with van der Waals surface area (Å²) >= 11 is 0. The predicted molar refractivity (Wildman–Crippen MR) is 306 cm³/mol. The second kappa shape index (κ2) is 16.5. The molecule has 16 aromatic rings. The van der Waals surface area contributed by atoms with Gasteiger partial charge in [0, 0.05) is 83.4 Å². The normalized spacial score (nSPS) is 11.9. The second-order valence-corrected chi connectivity index (χ2v) is 19.3. The van der Waals surface area contributed by atoms with E-state index in [1.54, 1.807) is 0 Å². The van der Waals surface area contributed by atoms with E-state index in [0.29, 0.717) is 23.4 Å². The summed E-state index contributed by atoms with van der Waals surface area (Å²) in [5.74, 6) is 2.30. The number of fused-ring (bicyclic) bond motifs is 13. The van der Waals surface area contributed by atoms with Crippen molar-refractivity contribution >= 4 is 87.5 Å². The summed E-state index contributed by atoms with van der Waals surface area (Å²) in [5, 5.41) is 8.80. The molecule has 0 radical (unpaired) electrons. The first kappa shape index (κ1) is 42.0. The van der Waals surface area contributed by atoms with Crippen LogP contribution in [0.1, 0.15) is 0 Å². The van der Waals surface area contributed by atoms with Crippen LogP contribution in [0.3, 0.4) is 0 Å². The van der Waals surface area contributed by atoms with Gasteiger partial charge in [-0.2, -0.15) is 0 Å². The Balaban J connectivity index is 0.852. The molecule has 9 nitrogen and oxygen atoms in total. The Bertz CT molecular complexity index is 5010. The topological polar surface area (TPSA) is 101 Å². The molecule has 0 atom stereocenters. The van der Waals surface area contributed by atoms with E-state index in [1.165, 1.54) is 0 Å². The number of rotatable bonds is 7. The van der Waals surface area contributed by atoms with E-state index >= 15 is 0 Å². The van der Waals surface area contributed by atoms with Gasteiger partial charge in [0.15, 0.2) is 17.5 Å². The fourth-order valence-corrected chi connectivity index (χ4v) is 11.3. The highest BCUT2D eigenvalue weighted by atomic mass is 16.3. The van der Waals surface area contributed by atoms with Gasteiger partial charge >= 0.3 is 0 Å². The smallest absolute Gasteiger partial charge is 0.234 e. The van der Waals surface area contributed by atoms with Gasteiger partial charge in [0.2, 0.25) is 5.95 Å². The van der Waals surface area contributed by atoms with Gasteiger partial charge in [0.25, 0.3) is 0 Å². The lowest BCUT2D eigenvalue weighted by Crippen LogP contribution is -2.03. The predicted octanol–water partition coefficient (Wildman–Crippen LogP) is 17.0. The van der Waals surface area contributed by atoms with Crippen LogP contribution in [-0.4, -0.2) is 34.1 Å². The highest BCUT2D eigenvalue weighted by Gasteiger charge is 2.23. The van der Waals surface area contributed by atoms with E-state index in [4.69, 9.17) is 33.8 Å². The summed E-state index contributed by atoms with van der Waals surface area (Å²) < 4.78 is 17.0. The van der Waals surface area contributed by atoms with Crippen molar-refractivity contribution in [2.45, 2.75) is 0 Å². The number of aromatic nitrogens is 7. The molecule has 6 aromatic heterocycles. The molecule has 0 fully saturated rings. The highest BCUT2D eigenvalue weighted by molar-refractivity contribution is 6.23. The molecule has 0 amide bonds. The van der Waals surface area contributed by atoms with Crippen LogP contribution < -0.4 is 0 Å². The van der Waals surface area contributed by atoms with Crippen LogP contribution in [0, 0.1) is 0 Å². The van der Waals surface area contributed by atoms with Gasteiger partial charge in [-0.05, 0) is 83.4 Å². The molecule has 10 aromatic carbocycles. The van der Waals surface area contributed by atoms with E-state index < -0.39 is 0 Å². The van der Waals surface area contributed by atoms with Crippen molar-refractivity contribution in [3.05, 3.63) is 237 Å². The Hall–Kier alpha value is -10.5. The van der Waals surface area contributed by atoms with Crippen LogP contribution >= 0.6 is 0 Å². The first-order chi connectivity index (χ1) is 37.6. The van der Waals surface area contributed by atoms with Crippen molar-refractivity contribution in [3.63, 3.8) is 0 Å². The number of hydrogen-bond donors (Lipinski definition) is 0. The monoisotopic (exact) mass is 973 g/mol. The third-order valence-electron chi connectivity index (χ3n) is 14.9. The van der Waals surface area contributed by atoms with Crippen molar-refractivity contribution in [2.75, 3.05) is 0 Å². The van der Waals surface area contributed by atoms with Crippen LogP contribution in [0.4, 0.5) is 0 Å². The molecule has 0 N–H and O–H groups in total. The van der Waals surface area contributed by atoms with Crippen LogP contribution in [0.2, 0.25) is 0 Å². The largest absolute Gasteiger partial charge is 0.456 e. The highest BCUT2D eigenvalue weighted by Crippen LogP contribution is 2.42. The summed E-state index contributed by atoms with van der Waals surface area (Å²) in [6.07, 6.45) is 3.85.